The van der Waals surface area contributed by atoms with Crippen molar-refractivity contribution in [1.82, 2.24) is 15.1 Å². The molecule has 8 nitrogen and oxygen atoms in total. The second kappa shape index (κ2) is 12.5. The maximum absolute atomic E-state index is 12.6. The third-order valence-electron chi connectivity index (χ3n) is 4.78. The highest BCUT2D eigenvalue weighted by Crippen LogP contribution is 2.29. The first-order chi connectivity index (χ1) is 15.0. The van der Waals surface area contributed by atoms with Gasteiger partial charge in [0.1, 0.15) is 0 Å². The number of amides is 1. The molecular formula is C21H27F2IN4O4. The highest BCUT2D eigenvalue weighted by atomic mass is 127. The first-order valence-electron chi connectivity index (χ1n) is 10.0. The van der Waals surface area contributed by atoms with Crippen molar-refractivity contribution in [3.05, 3.63) is 47.9 Å². The third kappa shape index (κ3) is 6.71. The fourth-order valence-corrected chi connectivity index (χ4v) is 3.31. The summed E-state index contributed by atoms with van der Waals surface area (Å²) in [6.45, 7) is 1.96. The molecule has 1 saturated heterocycles. The van der Waals surface area contributed by atoms with Crippen LogP contribution < -0.4 is 14.8 Å². The maximum atomic E-state index is 12.6. The van der Waals surface area contributed by atoms with E-state index < -0.39 is 6.61 Å². The number of ether oxygens (including phenoxy) is 2. The molecule has 1 fully saturated rings. The molecule has 176 valence electrons. The highest BCUT2D eigenvalue weighted by molar-refractivity contribution is 14.0. The Morgan fingerprint density at radius 3 is 2.50 bits per heavy atom. The minimum atomic E-state index is -2.92. The second-order valence-corrected chi connectivity index (χ2v) is 6.75. The maximum Gasteiger partial charge on any atom is 0.387 e. The van der Waals surface area contributed by atoms with Crippen LogP contribution in [0.5, 0.6) is 11.5 Å². The standard InChI is InChI=1S/C21H26F2N4O4.HI/c1-3-29-18-13-15(6-7-16(18)31-20(22)23)14-25-21(24-2)27-10-8-26(9-11-27)19(28)17-5-4-12-30-17;/h4-7,12-13,20H,3,8-11,14H2,1-2H3,(H,24,25);1H. The molecule has 1 aromatic carbocycles. The smallest absolute Gasteiger partial charge is 0.387 e. The molecule has 1 aliphatic heterocycles. The van der Waals surface area contributed by atoms with E-state index in [1.54, 1.807) is 43.1 Å². The van der Waals surface area contributed by atoms with Crippen molar-refractivity contribution in [2.45, 2.75) is 20.1 Å². The van der Waals surface area contributed by atoms with Gasteiger partial charge < -0.3 is 29.0 Å². The Bertz CT molecular complexity index is 888. The van der Waals surface area contributed by atoms with Crippen molar-refractivity contribution in [2.24, 2.45) is 4.99 Å². The van der Waals surface area contributed by atoms with Crippen LogP contribution in [0.15, 0.2) is 46.0 Å². The minimum absolute atomic E-state index is 0. The van der Waals surface area contributed by atoms with E-state index in [2.05, 4.69) is 19.9 Å². The van der Waals surface area contributed by atoms with Crippen LogP contribution in [0, 0.1) is 0 Å². The van der Waals surface area contributed by atoms with Crippen LogP contribution in [0.2, 0.25) is 0 Å². The normalized spacial score (nSPS) is 14.2. The molecule has 0 aliphatic carbocycles. The molecule has 1 amide bonds. The molecule has 0 spiro atoms. The predicted octanol–water partition coefficient (Wildman–Crippen LogP) is 3.43. The number of piperazine rings is 1. The average Bonchev–Trinajstić information content (AvgIpc) is 3.30. The van der Waals surface area contributed by atoms with Gasteiger partial charge in [0.05, 0.1) is 12.9 Å². The van der Waals surface area contributed by atoms with Gasteiger partial charge in [-0.1, -0.05) is 6.07 Å². The van der Waals surface area contributed by atoms with Gasteiger partial charge in [0.25, 0.3) is 5.91 Å². The molecule has 11 heteroatoms. The summed E-state index contributed by atoms with van der Waals surface area (Å²) < 4.78 is 40.2. The number of benzene rings is 1. The lowest BCUT2D eigenvalue weighted by molar-refractivity contribution is -0.0514. The van der Waals surface area contributed by atoms with Crippen molar-refractivity contribution in [3.8, 4) is 11.5 Å². The number of alkyl halides is 2. The van der Waals surface area contributed by atoms with Crippen LogP contribution in [0.3, 0.4) is 0 Å². The van der Waals surface area contributed by atoms with E-state index in [9.17, 15) is 13.6 Å². The molecule has 3 rings (SSSR count). The van der Waals surface area contributed by atoms with Crippen LogP contribution in [0.4, 0.5) is 8.78 Å². The zero-order chi connectivity index (χ0) is 22.2. The summed E-state index contributed by atoms with van der Waals surface area (Å²) in [5.41, 5.74) is 0.831. The topological polar surface area (TPSA) is 79.5 Å². The second-order valence-electron chi connectivity index (χ2n) is 6.75. The monoisotopic (exact) mass is 564 g/mol. The molecule has 1 aromatic heterocycles. The number of halogens is 3. The first-order valence-corrected chi connectivity index (χ1v) is 10.0. The summed E-state index contributed by atoms with van der Waals surface area (Å²) in [7, 11) is 1.69. The summed E-state index contributed by atoms with van der Waals surface area (Å²) in [5, 5.41) is 3.27. The van der Waals surface area contributed by atoms with Crippen molar-refractivity contribution >= 4 is 35.8 Å². The molecule has 1 aliphatic rings. The molecule has 0 radical (unpaired) electrons. The van der Waals surface area contributed by atoms with Crippen LogP contribution >= 0.6 is 24.0 Å². The summed E-state index contributed by atoms with van der Waals surface area (Å²) in [4.78, 5) is 20.5. The molecule has 2 heterocycles. The van der Waals surface area contributed by atoms with E-state index in [4.69, 9.17) is 9.15 Å². The number of nitrogens with zero attached hydrogens (tertiary/aromatic N) is 3. The lowest BCUT2D eigenvalue weighted by atomic mass is 10.2. The number of carbonyl (C=O) groups excluding carboxylic acids is 1. The lowest BCUT2D eigenvalue weighted by Crippen LogP contribution is -2.53. The minimum Gasteiger partial charge on any atom is -0.490 e. The Balaban J connectivity index is 0.00000363. The van der Waals surface area contributed by atoms with Crippen molar-refractivity contribution in [2.75, 3.05) is 39.8 Å². The molecular weight excluding hydrogens is 537 g/mol. The van der Waals surface area contributed by atoms with Gasteiger partial charge >= 0.3 is 6.61 Å². The number of carbonyl (C=O) groups is 1. The van der Waals surface area contributed by atoms with E-state index in [1.165, 1.54) is 12.3 Å². The largest absolute Gasteiger partial charge is 0.490 e. The number of hydrogen-bond donors (Lipinski definition) is 1. The van der Waals surface area contributed by atoms with Gasteiger partial charge in [0, 0.05) is 39.8 Å². The Labute approximate surface area is 202 Å². The Morgan fingerprint density at radius 2 is 1.91 bits per heavy atom. The van der Waals surface area contributed by atoms with E-state index in [-0.39, 0.29) is 41.4 Å². The van der Waals surface area contributed by atoms with Crippen LogP contribution in [0.1, 0.15) is 23.0 Å². The average molecular weight is 564 g/mol. The molecule has 0 bridgehead atoms. The number of hydrogen-bond acceptors (Lipinski definition) is 5. The van der Waals surface area contributed by atoms with Gasteiger partial charge in [-0.2, -0.15) is 8.78 Å². The summed E-state index contributed by atoms with van der Waals surface area (Å²) >= 11 is 0. The zero-order valence-corrected chi connectivity index (χ0v) is 20.3. The molecule has 32 heavy (non-hydrogen) atoms. The van der Waals surface area contributed by atoms with Gasteiger partial charge in [-0.3, -0.25) is 9.79 Å². The zero-order valence-electron chi connectivity index (χ0n) is 17.9. The van der Waals surface area contributed by atoms with E-state index >= 15 is 0 Å². The molecule has 1 N–H and O–H groups in total. The summed E-state index contributed by atoms with van der Waals surface area (Å²) in [5.74, 6) is 1.17. The van der Waals surface area contributed by atoms with Gasteiger partial charge in [-0.15, -0.1) is 24.0 Å². The number of aliphatic imine (C=N–C) groups is 1. The van der Waals surface area contributed by atoms with Crippen molar-refractivity contribution in [3.63, 3.8) is 0 Å². The highest BCUT2D eigenvalue weighted by Gasteiger charge is 2.25. The number of nitrogens with one attached hydrogen (secondary N) is 1. The molecule has 0 unspecified atom stereocenters. The fraction of sp³-hybridized carbons (Fsp3) is 0.429. The predicted molar refractivity (Wildman–Crippen MR) is 126 cm³/mol. The van der Waals surface area contributed by atoms with E-state index in [0.29, 0.717) is 51.1 Å². The van der Waals surface area contributed by atoms with Gasteiger partial charge in [0.2, 0.25) is 0 Å². The van der Waals surface area contributed by atoms with Gasteiger partial charge in [-0.25, -0.2) is 0 Å². The summed E-state index contributed by atoms with van der Waals surface area (Å²) in [6.07, 6.45) is 1.48. The Hall–Kier alpha value is -2.57. The van der Waals surface area contributed by atoms with Gasteiger partial charge in [0.15, 0.2) is 23.2 Å². The van der Waals surface area contributed by atoms with Crippen molar-refractivity contribution in [1.29, 1.82) is 0 Å². The first kappa shape index (κ1) is 25.7. The number of rotatable bonds is 7. The van der Waals surface area contributed by atoms with E-state index in [0.717, 1.165) is 5.56 Å². The molecule has 2 aromatic rings. The van der Waals surface area contributed by atoms with Crippen LogP contribution in [-0.2, 0) is 6.54 Å². The van der Waals surface area contributed by atoms with E-state index in [1.807, 2.05) is 0 Å². The third-order valence-corrected chi connectivity index (χ3v) is 4.78. The lowest BCUT2D eigenvalue weighted by Gasteiger charge is -2.36. The fourth-order valence-electron chi connectivity index (χ4n) is 3.31. The summed E-state index contributed by atoms with van der Waals surface area (Å²) in [6, 6.07) is 8.18. The van der Waals surface area contributed by atoms with Crippen LogP contribution in [0.25, 0.3) is 0 Å². The quantitative estimate of drug-likeness (QED) is 0.316. The molecule has 0 saturated carbocycles. The van der Waals surface area contributed by atoms with Gasteiger partial charge in [-0.05, 0) is 36.8 Å². The molecule has 0 atom stereocenters. The SMILES string of the molecule is CCOc1cc(CNC(=NC)N2CCN(C(=O)c3ccco3)CC2)ccc1OC(F)F.I. The number of guanidine groups is 1. The van der Waals surface area contributed by atoms with Crippen molar-refractivity contribution < 1.29 is 27.5 Å². The Morgan fingerprint density at radius 1 is 1.19 bits per heavy atom. The van der Waals surface area contributed by atoms with Crippen LogP contribution in [-0.4, -0.2) is 68.1 Å². The number of furan rings is 1. The Kier molecular flexibility index (Phi) is 10.0.